The van der Waals surface area contributed by atoms with E-state index in [1.807, 2.05) is 24.3 Å². The summed E-state index contributed by atoms with van der Waals surface area (Å²) in [4.78, 5) is 18.5. The van der Waals surface area contributed by atoms with Crippen LogP contribution in [0.15, 0.2) is 48.5 Å². The lowest BCUT2D eigenvalue weighted by Crippen LogP contribution is -2.09. The number of fused-ring (bicyclic) bond motifs is 2. The van der Waals surface area contributed by atoms with Crippen molar-refractivity contribution in [3.63, 3.8) is 0 Å². The molecular weight excluding hydrogens is 384 g/mol. The number of hydrogen-bond donors (Lipinski definition) is 1. The SMILES string of the molecule is COc1ccc(NC(=O)c2cc3cc4ccc(OC)c(Cl)c4nc3s2)cc1. The van der Waals surface area contributed by atoms with Gasteiger partial charge in [-0.1, -0.05) is 11.6 Å². The lowest BCUT2D eigenvalue weighted by Gasteiger charge is -2.05. The van der Waals surface area contributed by atoms with Crippen molar-refractivity contribution in [3.8, 4) is 11.5 Å². The highest BCUT2D eigenvalue weighted by Gasteiger charge is 2.14. The average Bonchev–Trinajstić information content (AvgIpc) is 3.11. The molecule has 0 radical (unpaired) electrons. The summed E-state index contributed by atoms with van der Waals surface area (Å²) < 4.78 is 10.4. The van der Waals surface area contributed by atoms with Crippen molar-refractivity contribution < 1.29 is 14.3 Å². The zero-order chi connectivity index (χ0) is 19.0. The second kappa shape index (κ2) is 7.06. The van der Waals surface area contributed by atoms with E-state index in [9.17, 15) is 4.79 Å². The van der Waals surface area contributed by atoms with Crippen molar-refractivity contribution in [2.24, 2.45) is 0 Å². The van der Waals surface area contributed by atoms with E-state index < -0.39 is 0 Å². The number of carbonyl (C=O) groups excluding carboxylic acids is 1. The first-order valence-electron chi connectivity index (χ1n) is 8.11. The Kier molecular flexibility index (Phi) is 4.59. The van der Waals surface area contributed by atoms with Gasteiger partial charge in [-0.15, -0.1) is 11.3 Å². The second-order valence-electron chi connectivity index (χ2n) is 5.83. The van der Waals surface area contributed by atoms with Crippen LogP contribution in [0.1, 0.15) is 9.67 Å². The number of methoxy groups -OCH3 is 2. The number of benzene rings is 2. The first-order valence-corrected chi connectivity index (χ1v) is 9.30. The standard InChI is InChI=1S/C20H15ClN2O3S/c1-25-14-6-4-13(5-7-14)22-19(24)16-10-12-9-11-3-8-15(26-2)17(21)18(11)23-20(12)27-16/h3-10H,1-2H3,(H,22,24). The Morgan fingerprint density at radius 1 is 1.04 bits per heavy atom. The topological polar surface area (TPSA) is 60.5 Å². The molecule has 2 aromatic carbocycles. The smallest absolute Gasteiger partial charge is 0.265 e. The molecule has 4 aromatic rings. The van der Waals surface area contributed by atoms with Crippen LogP contribution in [0.3, 0.4) is 0 Å². The molecule has 0 aliphatic heterocycles. The summed E-state index contributed by atoms with van der Waals surface area (Å²) in [6.45, 7) is 0. The summed E-state index contributed by atoms with van der Waals surface area (Å²) in [5.74, 6) is 1.12. The zero-order valence-electron chi connectivity index (χ0n) is 14.6. The highest BCUT2D eigenvalue weighted by atomic mass is 35.5. The summed E-state index contributed by atoms with van der Waals surface area (Å²) in [6, 6.07) is 14.7. The first-order chi connectivity index (χ1) is 13.1. The Balaban J connectivity index is 1.68. The minimum atomic E-state index is -0.184. The summed E-state index contributed by atoms with van der Waals surface area (Å²) in [5, 5.41) is 5.14. The number of hydrogen-bond acceptors (Lipinski definition) is 5. The molecule has 0 fully saturated rings. The summed E-state index contributed by atoms with van der Waals surface area (Å²) >= 11 is 7.69. The van der Waals surface area contributed by atoms with Crippen LogP contribution in [0.4, 0.5) is 5.69 Å². The van der Waals surface area contributed by atoms with E-state index in [0.29, 0.717) is 26.9 Å². The molecule has 0 saturated heterocycles. The molecule has 1 N–H and O–H groups in total. The fraction of sp³-hybridized carbons (Fsp3) is 0.100. The third-order valence-corrected chi connectivity index (χ3v) is 5.58. The maximum atomic E-state index is 12.6. The third-order valence-electron chi connectivity index (χ3n) is 4.17. The van der Waals surface area contributed by atoms with Gasteiger partial charge >= 0.3 is 0 Å². The highest BCUT2D eigenvalue weighted by Crippen LogP contribution is 2.35. The molecule has 0 atom stereocenters. The van der Waals surface area contributed by atoms with Gasteiger partial charge < -0.3 is 14.8 Å². The number of anilines is 1. The normalized spacial score (nSPS) is 10.9. The zero-order valence-corrected chi connectivity index (χ0v) is 16.1. The van der Waals surface area contributed by atoms with Crippen LogP contribution in [0.5, 0.6) is 11.5 Å². The highest BCUT2D eigenvalue weighted by molar-refractivity contribution is 7.20. The van der Waals surface area contributed by atoms with Crippen molar-refractivity contribution in [1.29, 1.82) is 0 Å². The molecule has 0 unspecified atom stereocenters. The predicted molar refractivity (Wildman–Crippen MR) is 110 cm³/mol. The van der Waals surface area contributed by atoms with Crippen LogP contribution in [0, 0.1) is 0 Å². The van der Waals surface area contributed by atoms with Crippen LogP contribution >= 0.6 is 22.9 Å². The molecule has 0 bridgehead atoms. The number of rotatable bonds is 4. The van der Waals surface area contributed by atoms with Gasteiger partial charge in [0.05, 0.1) is 24.6 Å². The Morgan fingerprint density at radius 3 is 2.52 bits per heavy atom. The Hall–Kier alpha value is -2.83. The third kappa shape index (κ3) is 3.29. The van der Waals surface area contributed by atoms with Crippen LogP contribution in [0.25, 0.3) is 21.1 Å². The molecule has 4 rings (SSSR count). The van der Waals surface area contributed by atoms with Gasteiger partial charge in [-0.05, 0) is 48.5 Å². The molecule has 1 amide bonds. The molecule has 5 nitrogen and oxygen atoms in total. The number of carbonyl (C=O) groups is 1. The molecule has 0 saturated carbocycles. The van der Waals surface area contributed by atoms with Crippen molar-refractivity contribution in [2.75, 3.05) is 19.5 Å². The van der Waals surface area contributed by atoms with Gasteiger partial charge in [0.25, 0.3) is 5.91 Å². The van der Waals surface area contributed by atoms with Crippen LogP contribution in [-0.2, 0) is 0 Å². The number of aromatic nitrogens is 1. The number of halogens is 1. The Bertz CT molecular complexity index is 1160. The van der Waals surface area contributed by atoms with E-state index in [-0.39, 0.29) is 5.91 Å². The van der Waals surface area contributed by atoms with Crippen molar-refractivity contribution in [1.82, 2.24) is 4.98 Å². The first kappa shape index (κ1) is 17.6. The molecule has 0 aliphatic carbocycles. The van der Waals surface area contributed by atoms with Gasteiger partial charge in [0.2, 0.25) is 0 Å². The minimum absolute atomic E-state index is 0.184. The molecule has 0 aliphatic rings. The van der Waals surface area contributed by atoms with E-state index >= 15 is 0 Å². The lowest BCUT2D eigenvalue weighted by molar-refractivity contribution is 0.103. The average molecular weight is 399 g/mol. The van der Waals surface area contributed by atoms with Gasteiger partial charge in [-0.3, -0.25) is 4.79 Å². The molecule has 0 spiro atoms. The number of ether oxygens (including phenoxy) is 2. The van der Waals surface area contributed by atoms with Crippen molar-refractivity contribution >= 4 is 55.7 Å². The number of nitrogens with one attached hydrogen (secondary N) is 1. The van der Waals surface area contributed by atoms with Crippen LogP contribution < -0.4 is 14.8 Å². The molecule has 27 heavy (non-hydrogen) atoms. The maximum absolute atomic E-state index is 12.6. The second-order valence-corrected chi connectivity index (χ2v) is 7.24. The number of nitrogens with zero attached hydrogens (tertiary/aromatic N) is 1. The molecular formula is C20H15ClN2O3S. The van der Waals surface area contributed by atoms with Crippen LogP contribution in [-0.4, -0.2) is 25.1 Å². The van der Waals surface area contributed by atoms with E-state index in [2.05, 4.69) is 10.3 Å². The minimum Gasteiger partial charge on any atom is -0.497 e. The fourth-order valence-electron chi connectivity index (χ4n) is 2.78. The summed E-state index contributed by atoms with van der Waals surface area (Å²) in [7, 11) is 3.17. The van der Waals surface area contributed by atoms with Gasteiger partial charge in [0.15, 0.2) is 0 Å². The molecule has 7 heteroatoms. The van der Waals surface area contributed by atoms with Crippen molar-refractivity contribution in [3.05, 3.63) is 58.4 Å². The fourth-order valence-corrected chi connectivity index (χ4v) is 3.99. The molecule has 136 valence electrons. The Labute approximate surface area is 164 Å². The van der Waals surface area contributed by atoms with Gasteiger partial charge in [0, 0.05) is 16.5 Å². The number of thiophene rings is 1. The van der Waals surface area contributed by atoms with Crippen LogP contribution in [0.2, 0.25) is 5.02 Å². The molecule has 2 heterocycles. The summed E-state index contributed by atoms with van der Waals surface area (Å²) in [5.41, 5.74) is 1.36. The summed E-state index contributed by atoms with van der Waals surface area (Å²) in [6.07, 6.45) is 0. The van der Waals surface area contributed by atoms with E-state index in [1.54, 1.807) is 38.5 Å². The van der Waals surface area contributed by atoms with Gasteiger partial charge in [-0.25, -0.2) is 4.98 Å². The van der Waals surface area contributed by atoms with Gasteiger partial charge in [0.1, 0.15) is 21.4 Å². The van der Waals surface area contributed by atoms with Crippen molar-refractivity contribution in [2.45, 2.75) is 0 Å². The van der Waals surface area contributed by atoms with E-state index in [4.69, 9.17) is 21.1 Å². The molecule has 2 aromatic heterocycles. The monoisotopic (exact) mass is 398 g/mol. The predicted octanol–water partition coefficient (Wildman–Crippen LogP) is 5.37. The number of amides is 1. The largest absolute Gasteiger partial charge is 0.497 e. The Morgan fingerprint density at radius 2 is 1.81 bits per heavy atom. The number of pyridine rings is 1. The van der Waals surface area contributed by atoms with Gasteiger partial charge in [-0.2, -0.15) is 0 Å². The quantitative estimate of drug-likeness (QED) is 0.501. The maximum Gasteiger partial charge on any atom is 0.265 e. The van der Waals surface area contributed by atoms with E-state index in [1.165, 1.54) is 11.3 Å². The lowest BCUT2D eigenvalue weighted by atomic mass is 10.2. The van der Waals surface area contributed by atoms with E-state index in [0.717, 1.165) is 21.4 Å².